The molecule has 0 bridgehead atoms. The van der Waals surface area contributed by atoms with Gasteiger partial charge < -0.3 is 14.0 Å². The molecule has 4 rings (SSSR count). The fourth-order valence-electron chi connectivity index (χ4n) is 4.52. The fourth-order valence-corrected chi connectivity index (χ4v) is 5.57. The maximum atomic E-state index is 12.9. The summed E-state index contributed by atoms with van der Waals surface area (Å²) >= 11 is 1.34. The Morgan fingerprint density at radius 3 is 2.49 bits per heavy atom. The van der Waals surface area contributed by atoms with Crippen LogP contribution in [0.4, 0.5) is 0 Å². The molecule has 1 aromatic carbocycles. The molecule has 0 N–H and O–H groups in total. The first kappa shape index (κ1) is 24.9. The van der Waals surface area contributed by atoms with E-state index in [1.807, 2.05) is 38.4 Å². The molecule has 35 heavy (non-hydrogen) atoms. The summed E-state index contributed by atoms with van der Waals surface area (Å²) in [5, 5.41) is 5.57. The van der Waals surface area contributed by atoms with Crippen LogP contribution in [0.2, 0.25) is 0 Å². The topological polar surface area (TPSA) is 75.3 Å². The maximum Gasteiger partial charge on any atom is 0.348 e. The lowest BCUT2D eigenvalue weighted by Gasteiger charge is -2.17. The highest BCUT2D eigenvalue weighted by Crippen LogP contribution is 2.29. The van der Waals surface area contributed by atoms with E-state index in [9.17, 15) is 9.59 Å². The lowest BCUT2D eigenvalue weighted by Crippen LogP contribution is -2.16. The highest BCUT2D eigenvalue weighted by Gasteiger charge is 2.22. The molecular formula is C27H31N3O4S. The molecule has 0 radical (unpaired) electrons. The minimum atomic E-state index is -0.498. The van der Waals surface area contributed by atoms with Crippen molar-refractivity contribution in [3.05, 3.63) is 75.0 Å². The van der Waals surface area contributed by atoms with Crippen LogP contribution < -0.4 is 0 Å². The van der Waals surface area contributed by atoms with Gasteiger partial charge in [-0.05, 0) is 52.3 Å². The van der Waals surface area contributed by atoms with E-state index in [0.717, 1.165) is 32.9 Å². The number of ether oxygens (including phenoxy) is 2. The molecule has 3 heterocycles. The van der Waals surface area contributed by atoms with Crippen molar-refractivity contribution in [2.75, 3.05) is 20.3 Å². The van der Waals surface area contributed by atoms with E-state index >= 15 is 0 Å². The molecule has 8 heteroatoms. The van der Waals surface area contributed by atoms with Gasteiger partial charge in [0, 0.05) is 29.4 Å². The van der Waals surface area contributed by atoms with Crippen molar-refractivity contribution in [3.63, 3.8) is 0 Å². The Bertz CT molecular complexity index is 1380. The predicted octanol–water partition coefficient (Wildman–Crippen LogP) is 5.43. The second kappa shape index (κ2) is 10.2. The summed E-state index contributed by atoms with van der Waals surface area (Å²) in [6, 6.07) is 12.1. The number of hydrogen-bond donors (Lipinski definition) is 0. The second-order valence-corrected chi connectivity index (χ2v) is 10.0. The van der Waals surface area contributed by atoms with E-state index < -0.39 is 5.97 Å². The van der Waals surface area contributed by atoms with Crippen molar-refractivity contribution in [2.24, 2.45) is 0 Å². The number of Topliss-reactive ketones (excluding diaryl/α,β-unsaturated/α-hetero) is 1. The van der Waals surface area contributed by atoms with Gasteiger partial charge >= 0.3 is 5.97 Å². The molecule has 1 unspecified atom stereocenters. The lowest BCUT2D eigenvalue weighted by atomic mass is 10.1. The number of carbonyl (C=O) groups excluding carboxylic acids is 2. The van der Waals surface area contributed by atoms with Crippen LogP contribution in [0.3, 0.4) is 0 Å². The zero-order chi connectivity index (χ0) is 25.3. The summed E-state index contributed by atoms with van der Waals surface area (Å²) in [7, 11) is 1.66. The summed E-state index contributed by atoms with van der Waals surface area (Å²) in [4.78, 5) is 27.1. The first-order chi connectivity index (χ1) is 16.7. The molecule has 184 valence electrons. The quantitative estimate of drug-likeness (QED) is 0.230. The van der Waals surface area contributed by atoms with Crippen LogP contribution in [0.15, 0.2) is 36.4 Å². The number of aromatic nitrogens is 3. The molecule has 0 aliphatic heterocycles. The number of benzene rings is 1. The smallest absolute Gasteiger partial charge is 0.348 e. The van der Waals surface area contributed by atoms with Crippen LogP contribution in [0.5, 0.6) is 0 Å². The number of nitrogens with zero attached hydrogens (tertiary/aromatic N) is 3. The molecule has 0 amide bonds. The summed E-state index contributed by atoms with van der Waals surface area (Å²) in [5.74, 6) is -0.715. The van der Waals surface area contributed by atoms with Gasteiger partial charge in [-0.2, -0.15) is 5.10 Å². The number of thiophene rings is 1. The van der Waals surface area contributed by atoms with Crippen molar-refractivity contribution in [3.8, 4) is 0 Å². The van der Waals surface area contributed by atoms with Gasteiger partial charge in [0.2, 0.25) is 5.78 Å². The number of rotatable bonds is 9. The fraction of sp³-hybridized carbons (Fsp3) is 0.370. The molecule has 0 spiro atoms. The Labute approximate surface area is 209 Å². The van der Waals surface area contributed by atoms with Gasteiger partial charge in [0.15, 0.2) is 6.61 Å². The molecule has 1 atom stereocenters. The summed E-state index contributed by atoms with van der Waals surface area (Å²) in [6.45, 7) is 10.8. The number of aryl methyl sites for hydroxylation is 3. The number of carbonyl (C=O) groups is 2. The molecule has 4 aromatic rings. The predicted molar refractivity (Wildman–Crippen MR) is 138 cm³/mol. The number of methoxy groups -OCH3 is 1. The Morgan fingerprint density at radius 2 is 1.80 bits per heavy atom. The Morgan fingerprint density at radius 1 is 1.09 bits per heavy atom. The average Bonchev–Trinajstić information content (AvgIpc) is 3.47. The summed E-state index contributed by atoms with van der Waals surface area (Å²) in [5.41, 5.74) is 5.59. The minimum Gasteiger partial charge on any atom is -0.453 e. The molecule has 0 saturated heterocycles. The number of ketones is 1. The highest BCUT2D eigenvalue weighted by atomic mass is 32.1. The summed E-state index contributed by atoms with van der Waals surface area (Å²) in [6.07, 6.45) is 0. The third kappa shape index (κ3) is 5.09. The van der Waals surface area contributed by atoms with Gasteiger partial charge in [-0.3, -0.25) is 9.48 Å². The lowest BCUT2D eigenvalue weighted by molar-refractivity contribution is 0.0479. The van der Waals surface area contributed by atoms with E-state index in [4.69, 9.17) is 9.47 Å². The van der Waals surface area contributed by atoms with Crippen molar-refractivity contribution in [2.45, 2.75) is 47.2 Å². The molecule has 0 fully saturated rings. The van der Waals surface area contributed by atoms with Gasteiger partial charge in [-0.15, -0.1) is 11.3 Å². The standard InChI is InChI=1S/C27H31N3O4S/c1-16-7-9-21(10-8-16)13-29-26-22(19(4)28-29)12-25(35-26)27(32)34-15-24(31)23-11-17(2)30(20(23)5)18(3)14-33-6/h7-12,18H,13-15H2,1-6H3. The average molecular weight is 494 g/mol. The zero-order valence-corrected chi connectivity index (χ0v) is 21.9. The first-order valence-electron chi connectivity index (χ1n) is 11.6. The SMILES string of the molecule is COCC(C)n1c(C)cc(C(=O)COC(=O)c2cc3c(C)nn(Cc4ccc(C)cc4)c3s2)c1C. The molecule has 3 aromatic heterocycles. The number of hydrogen-bond acceptors (Lipinski definition) is 6. The van der Waals surface area contributed by atoms with E-state index in [0.29, 0.717) is 23.6 Å². The van der Waals surface area contributed by atoms with Gasteiger partial charge in [-0.25, -0.2) is 4.79 Å². The van der Waals surface area contributed by atoms with Crippen molar-refractivity contribution < 1.29 is 19.1 Å². The Kier molecular flexibility index (Phi) is 7.23. The van der Waals surface area contributed by atoms with E-state index in [2.05, 4.69) is 40.9 Å². The minimum absolute atomic E-state index is 0.102. The zero-order valence-electron chi connectivity index (χ0n) is 21.0. The van der Waals surface area contributed by atoms with Crippen molar-refractivity contribution >= 4 is 33.3 Å². The van der Waals surface area contributed by atoms with Crippen LogP contribution in [0.1, 0.15) is 61.2 Å². The second-order valence-electron chi connectivity index (χ2n) is 9.02. The van der Waals surface area contributed by atoms with Gasteiger partial charge in [-0.1, -0.05) is 29.8 Å². The normalized spacial score (nSPS) is 12.3. The van der Waals surface area contributed by atoms with Crippen molar-refractivity contribution in [1.29, 1.82) is 0 Å². The molecule has 0 aliphatic rings. The third-order valence-corrected chi connectivity index (χ3v) is 7.36. The van der Waals surface area contributed by atoms with E-state index in [1.54, 1.807) is 13.2 Å². The summed E-state index contributed by atoms with van der Waals surface area (Å²) < 4.78 is 14.7. The van der Waals surface area contributed by atoms with Gasteiger partial charge in [0.25, 0.3) is 0 Å². The van der Waals surface area contributed by atoms with Gasteiger partial charge in [0.1, 0.15) is 9.71 Å². The van der Waals surface area contributed by atoms with Crippen LogP contribution in [0, 0.1) is 27.7 Å². The highest BCUT2D eigenvalue weighted by molar-refractivity contribution is 7.20. The van der Waals surface area contributed by atoms with Crippen LogP contribution >= 0.6 is 11.3 Å². The van der Waals surface area contributed by atoms with Crippen LogP contribution in [-0.4, -0.2) is 46.4 Å². The van der Waals surface area contributed by atoms with Gasteiger partial charge in [0.05, 0.1) is 24.9 Å². The third-order valence-electron chi connectivity index (χ3n) is 6.23. The molecule has 0 saturated carbocycles. The number of esters is 1. The van der Waals surface area contributed by atoms with E-state index in [1.165, 1.54) is 16.9 Å². The first-order valence-corrected chi connectivity index (χ1v) is 12.4. The molecular weight excluding hydrogens is 462 g/mol. The maximum absolute atomic E-state index is 12.9. The molecule has 7 nitrogen and oxygen atoms in total. The van der Waals surface area contributed by atoms with E-state index in [-0.39, 0.29) is 18.4 Å². The van der Waals surface area contributed by atoms with Crippen LogP contribution in [0.25, 0.3) is 10.2 Å². The van der Waals surface area contributed by atoms with Crippen LogP contribution in [-0.2, 0) is 16.0 Å². The Hall–Kier alpha value is -3.23. The Balaban J connectivity index is 1.47. The van der Waals surface area contributed by atoms with Crippen molar-refractivity contribution in [1.82, 2.24) is 14.3 Å². The molecule has 0 aliphatic carbocycles. The number of fused-ring (bicyclic) bond motifs is 1. The largest absolute Gasteiger partial charge is 0.453 e. The monoisotopic (exact) mass is 493 g/mol.